The Bertz CT molecular complexity index is 1640. The molecule has 2 N–H and O–H groups in total. The van der Waals surface area contributed by atoms with Crippen molar-refractivity contribution in [2.75, 3.05) is 0 Å². The van der Waals surface area contributed by atoms with Crippen molar-refractivity contribution in [1.82, 2.24) is 29.9 Å². The second-order valence-corrected chi connectivity index (χ2v) is 7.36. The molecule has 0 bridgehead atoms. The van der Waals surface area contributed by atoms with E-state index >= 15 is 0 Å². The molecule has 7 heteroatoms. The summed E-state index contributed by atoms with van der Waals surface area (Å²) in [5.41, 5.74) is 4.88. The number of hydrogen-bond donors (Lipinski definition) is 2. The third-order valence-electron chi connectivity index (χ3n) is 5.39. The van der Waals surface area contributed by atoms with Gasteiger partial charge in [-0.2, -0.15) is 0 Å². The first kappa shape index (κ1) is 18.1. The number of nitrogens with one attached hydrogen (secondary N) is 2. The fourth-order valence-electron chi connectivity index (χ4n) is 3.84. The quantitative estimate of drug-likeness (QED) is 0.439. The maximum Gasteiger partial charge on any atom is 0.220 e. The first-order valence-corrected chi connectivity index (χ1v) is 10.1. The van der Waals surface area contributed by atoms with Crippen LogP contribution in [0, 0.1) is 0 Å². The van der Waals surface area contributed by atoms with Crippen molar-refractivity contribution in [2.45, 2.75) is 0 Å². The molecule has 0 aliphatic heterocycles. The molecule has 0 fully saturated rings. The van der Waals surface area contributed by atoms with Crippen molar-refractivity contribution in [3.63, 3.8) is 0 Å². The van der Waals surface area contributed by atoms with Crippen LogP contribution in [0.5, 0.6) is 0 Å². The lowest BCUT2D eigenvalue weighted by Crippen LogP contribution is -2.11. The number of rotatable bonds is 3. The minimum atomic E-state index is -0.232. The van der Waals surface area contributed by atoms with Gasteiger partial charge in [-0.15, -0.1) is 0 Å². The fourth-order valence-corrected chi connectivity index (χ4v) is 3.84. The fraction of sp³-hybridized carbons (Fsp3) is 0. The lowest BCUT2D eigenvalue weighted by Gasteiger charge is -2.11. The molecule has 0 saturated carbocycles. The van der Waals surface area contributed by atoms with E-state index in [4.69, 9.17) is 9.97 Å². The van der Waals surface area contributed by atoms with Crippen LogP contribution in [0.4, 0.5) is 0 Å². The van der Waals surface area contributed by atoms with Gasteiger partial charge in [0.15, 0.2) is 11.2 Å². The van der Waals surface area contributed by atoms with Gasteiger partial charge in [-0.05, 0) is 18.2 Å². The molecule has 0 radical (unpaired) electrons. The second-order valence-electron chi connectivity index (χ2n) is 7.36. The zero-order valence-electron chi connectivity index (χ0n) is 16.8. The Kier molecular flexibility index (Phi) is 4.11. The number of hydrogen-bond acceptors (Lipinski definition) is 5. The molecular weight excluding hydrogens is 400 g/mol. The van der Waals surface area contributed by atoms with Gasteiger partial charge in [-0.1, -0.05) is 42.5 Å². The summed E-state index contributed by atoms with van der Waals surface area (Å²) in [4.78, 5) is 37.6. The Balaban J connectivity index is 1.66. The van der Waals surface area contributed by atoms with Gasteiger partial charge in [0.05, 0.1) is 22.5 Å². The van der Waals surface area contributed by atoms with Crippen LogP contribution >= 0.6 is 0 Å². The molecule has 0 aliphatic rings. The molecule has 152 valence electrons. The van der Waals surface area contributed by atoms with Crippen molar-refractivity contribution in [1.29, 1.82) is 0 Å². The van der Waals surface area contributed by atoms with Crippen LogP contribution in [0.15, 0.2) is 90.2 Å². The van der Waals surface area contributed by atoms with Crippen molar-refractivity contribution >= 4 is 22.1 Å². The summed E-state index contributed by atoms with van der Waals surface area (Å²) in [6.45, 7) is 0. The largest absolute Gasteiger partial charge is 0.344 e. The van der Waals surface area contributed by atoms with Gasteiger partial charge in [0, 0.05) is 41.3 Å². The minimum absolute atomic E-state index is 0.232. The van der Waals surface area contributed by atoms with Gasteiger partial charge in [0.2, 0.25) is 5.43 Å². The maximum atomic E-state index is 13.3. The molecule has 6 aromatic rings. The van der Waals surface area contributed by atoms with E-state index in [0.717, 1.165) is 22.0 Å². The Labute approximate surface area is 181 Å². The number of aromatic amines is 2. The van der Waals surface area contributed by atoms with Crippen molar-refractivity contribution < 1.29 is 0 Å². The summed E-state index contributed by atoms with van der Waals surface area (Å²) < 4.78 is 0. The summed E-state index contributed by atoms with van der Waals surface area (Å²) in [6, 6.07) is 19.7. The van der Waals surface area contributed by atoms with Crippen molar-refractivity contribution in [3.8, 4) is 33.9 Å². The molecule has 0 saturated heterocycles. The van der Waals surface area contributed by atoms with E-state index in [2.05, 4.69) is 19.9 Å². The Morgan fingerprint density at radius 3 is 2.47 bits per heavy atom. The Morgan fingerprint density at radius 2 is 1.62 bits per heavy atom. The maximum absolute atomic E-state index is 13.3. The molecule has 0 atom stereocenters. The summed E-state index contributed by atoms with van der Waals surface area (Å²) in [5.74, 6) is 0.486. The Hall–Kier alpha value is -4.65. The monoisotopic (exact) mass is 416 g/mol. The highest BCUT2D eigenvalue weighted by atomic mass is 16.1. The highest BCUT2D eigenvalue weighted by Gasteiger charge is 2.18. The summed E-state index contributed by atoms with van der Waals surface area (Å²) in [5, 5.41) is 0.990. The van der Waals surface area contributed by atoms with E-state index in [9.17, 15) is 4.79 Å². The highest BCUT2D eigenvalue weighted by Crippen LogP contribution is 2.31. The Morgan fingerprint density at radius 1 is 0.750 bits per heavy atom. The molecule has 4 aromatic heterocycles. The van der Waals surface area contributed by atoms with Crippen molar-refractivity contribution in [2.24, 2.45) is 0 Å². The van der Waals surface area contributed by atoms with E-state index in [1.54, 1.807) is 24.8 Å². The number of pyridine rings is 2. The molecule has 32 heavy (non-hydrogen) atoms. The molecular formula is C25H16N6O. The van der Waals surface area contributed by atoms with Gasteiger partial charge >= 0.3 is 0 Å². The number of aromatic nitrogens is 6. The summed E-state index contributed by atoms with van der Waals surface area (Å²) in [7, 11) is 0. The summed E-state index contributed by atoms with van der Waals surface area (Å²) >= 11 is 0. The van der Waals surface area contributed by atoms with E-state index in [1.807, 2.05) is 60.7 Å². The number of nitrogens with zero attached hydrogens (tertiary/aromatic N) is 4. The van der Waals surface area contributed by atoms with Crippen molar-refractivity contribution in [3.05, 3.63) is 95.7 Å². The van der Waals surface area contributed by atoms with Crippen LogP contribution in [0.2, 0.25) is 0 Å². The topological polar surface area (TPSA) is 100 Å². The van der Waals surface area contributed by atoms with E-state index in [1.165, 1.54) is 0 Å². The molecule has 6 rings (SSSR count). The first-order valence-electron chi connectivity index (χ1n) is 10.1. The van der Waals surface area contributed by atoms with Crippen LogP contribution in [0.25, 0.3) is 56.0 Å². The molecule has 7 nitrogen and oxygen atoms in total. The number of H-pyrrole nitrogens is 2. The number of benzene rings is 2. The lowest BCUT2D eigenvalue weighted by molar-refractivity contribution is 1.20. The average Bonchev–Trinajstić information content (AvgIpc) is 3.39. The smallest absolute Gasteiger partial charge is 0.220 e. The molecule has 0 spiro atoms. The van der Waals surface area contributed by atoms with E-state index < -0.39 is 0 Å². The normalized spacial score (nSPS) is 11.2. The van der Waals surface area contributed by atoms with E-state index in [-0.39, 0.29) is 10.9 Å². The average molecular weight is 416 g/mol. The highest BCUT2D eigenvalue weighted by molar-refractivity contribution is 5.90. The van der Waals surface area contributed by atoms with Gasteiger partial charge in [-0.25, -0.2) is 15.0 Å². The van der Waals surface area contributed by atoms with Crippen LogP contribution in [0.1, 0.15) is 0 Å². The van der Waals surface area contributed by atoms with Crippen LogP contribution in [-0.2, 0) is 0 Å². The molecule has 2 aromatic carbocycles. The SMILES string of the molecule is O=c1c(-c2ncc[nH]2)c[nH]c2nc(-c3ccccc3)c(-c3ccc4ncccc4c3)nc12. The summed E-state index contributed by atoms with van der Waals surface area (Å²) in [6.07, 6.45) is 6.67. The zero-order valence-corrected chi connectivity index (χ0v) is 16.8. The van der Waals surface area contributed by atoms with Gasteiger partial charge < -0.3 is 9.97 Å². The number of fused-ring (bicyclic) bond motifs is 2. The molecule has 4 heterocycles. The third kappa shape index (κ3) is 2.95. The van der Waals surface area contributed by atoms with E-state index in [0.29, 0.717) is 28.4 Å². The lowest BCUT2D eigenvalue weighted by atomic mass is 10.0. The predicted molar refractivity (Wildman–Crippen MR) is 124 cm³/mol. The van der Waals surface area contributed by atoms with Gasteiger partial charge in [0.1, 0.15) is 5.82 Å². The van der Waals surface area contributed by atoms with Gasteiger partial charge in [0.25, 0.3) is 0 Å². The molecule has 0 unspecified atom stereocenters. The minimum Gasteiger partial charge on any atom is -0.344 e. The predicted octanol–water partition coefficient (Wildman–Crippen LogP) is 4.59. The molecule has 0 aliphatic carbocycles. The first-order chi connectivity index (χ1) is 15.8. The molecule has 0 amide bonds. The number of imidazole rings is 1. The zero-order chi connectivity index (χ0) is 21.5. The van der Waals surface area contributed by atoms with Crippen LogP contribution in [-0.4, -0.2) is 29.9 Å². The third-order valence-corrected chi connectivity index (χ3v) is 5.39. The second kappa shape index (κ2) is 7.24. The van der Waals surface area contributed by atoms with Crippen LogP contribution in [0.3, 0.4) is 0 Å². The van der Waals surface area contributed by atoms with Gasteiger partial charge in [-0.3, -0.25) is 9.78 Å². The standard InChI is InChI=1S/C25H16N6O/c32-23-18(24-27-11-12-28-24)14-29-25-22(23)30-21(20(31-25)15-5-2-1-3-6-15)17-8-9-19-16(13-17)7-4-10-26-19/h1-14H,(H,27,28)(H,29,31,32). The van der Waals surface area contributed by atoms with Crippen LogP contribution < -0.4 is 5.43 Å².